The van der Waals surface area contributed by atoms with Crippen molar-refractivity contribution in [3.05, 3.63) is 50.9 Å². The molecule has 0 aliphatic heterocycles. The average molecular weight is 572 g/mol. The lowest BCUT2D eigenvalue weighted by Crippen LogP contribution is -2.31. The molecule has 6 N–H and O–H groups in total. The highest BCUT2D eigenvalue weighted by Crippen LogP contribution is 2.67. The van der Waals surface area contributed by atoms with Gasteiger partial charge in [-0.05, 0) is 71.7 Å². The summed E-state index contributed by atoms with van der Waals surface area (Å²) in [6, 6.07) is 5.12. The molecule has 6 nitrogen and oxygen atoms in total. The Morgan fingerprint density at radius 1 is 1.13 bits per heavy atom. The molecule has 0 amide bonds. The standard InChI is InChI=1S/C20H24F3IN2O4S/c1-2-11-7-15(22)17(23)19(25-16-4-3-12(24)8-14(16)21)18(11)26-31(29,30)20(5-6-20)9-13(28)10-27/h3-4,7-8,13,25-30H,2,5-6,9-10H2,1H3. The van der Waals surface area contributed by atoms with Crippen molar-refractivity contribution in [3.8, 4) is 0 Å². The van der Waals surface area contributed by atoms with Crippen molar-refractivity contribution < 1.29 is 32.5 Å². The van der Waals surface area contributed by atoms with Gasteiger partial charge in [-0.3, -0.25) is 13.8 Å². The normalized spacial score (nSPS) is 16.7. The molecule has 1 atom stereocenters. The van der Waals surface area contributed by atoms with Crippen molar-refractivity contribution >= 4 is 50.4 Å². The molecule has 1 unspecified atom stereocenters. The van der Waals surface area contributed by atoms with Gasteiger partial charge in [0.25, 0.3) is 0 Å². The number of hydrogen-bond acceptors (Lipinski definition) is 6. The smallest absolute Gasteiger partial charge is 0.184 e. The van der Waals surface area contributed by atoms with Crippen molar-refractivity contribution in [3.63, 3.8) is 0 Å². The summed E-state index contributed by atoms with van der Waals surface area (Å²) in [5.74, 6) is -3.15. The van der Waals surface area contributed by atoms with Crippen LogP contribution in [-0.4, -0.2) is 36.8 Å². The summed E-state index contributed by atoms with van der Waals surface area (Å²) in [5, 5.41) is 21.5. The number of benzene rings is 2. The molecule has 3 rings (SSSR count). The van der Waals surface area contributed by atoms with Gasteiger partial charge < -0.3 is 15.5 Å². The van der Waals surface area contributed by atoms with Gasteiger partial charge in [0.2, 0.25) is 0 Å². The molecule has 1 saturated carbocycles. The van der Waals surface area contributed by atoms with E-state index in [4.69, 9.17) is 5.11 Å². The Bertz CT molecular complexity index is 976. The van der Waals surface area contributed by atoms with Crippen molar-refractivity contribution in [2.75, 3.05) is 16.6 Å². The molecule has 11 heteroatoms. The number of aliphatic hydroxyl groups is 2. The summed E-state index contributed by atoms with van der Waals surface area (Å²) in [4.78, 5) is 0. The highest BCUT2D eigenvalue weighted by atomic mass is 127. The van der Waals surface area contributed by atoms with E-state index in [9.17, 15) is 27.4 Å². The number of anilines is 3. The van der Waals surface area contributed by atoms with Crippen molar-refractivity contribution in [2.24, 2.45) is 0 Å². The summed E-state index contributed by atoms with van der Waals surface area (Å²) in [7, 11) is -3.65. The number of aliphatic hydroxyl groups excluding tert-OH is 2. The Kier molecular flexibility index (Phi) is 7.33. The predicted molar refractivity (Wildman–Crippen MR) is 124 cm³/mol. The third kappa shape index (κ3) is 5.06. The van der Waals surface area contributed by atoms with Crippen LogP contribution in [-0.2, 0) is 6.42 Å². The van der Waals surface area contributed by atoms with E-state index in [2.05, 4.69) is 10.0 Å². The molecule has 0 saturated heterocycles. The van der Waals surface area contributed by atoms with E-state index in [0.717, 1.165) is 6.07 Å². The van der Waals surface area contributed by atoms with E-state index in [1.165, 1.54) is 12.1 Å². The zero-order valence-corrected chi connectivity index (χ0v) is 19.6. The topological polar surface area (TPSA) is 105 Å². The highest BCUT2D eigenvalue weighted by molar-refractivity contribution is 14.1. The lowest BCUT2D eigenvalue weighted by atomic mass is 10.1. The fourth-order valence-corrected chi connectivity index (χ4v) is 5.69. The van der Waals surface area contributed by atoms with Gasteiger partial charge in [-0.1, -0.05) is 6.92 Å². The van der Waals surface area contributed by atoms with E-state index < -0.39 is 51.4 Å². The van der Waals surface area contributed by atoms with Gasteiger partial charge in [0, 0.05) is 9.99 Å². The Labute approximate surface area is 193 Å². The van der Waals surface area contributed by atoms with E-state index >= 15 is 0 Å². The van der Waals surface area contributed by atoms with Gasteiger partial charge in [0.15, 0.2) is 11.6 Å². The lowest BCUT2D eigenvalue weighted by Gasteiger charge is -2.43. The van der Waals surface area contributed by atoms with Crippen LogP contribution >= 0.6 is 33.4 Å². The van der Waals surface area contributed by atoms with E-state index in [-0.39, 0.29) is 29.8 Å². The summed E-state index contributed by atoms with van der Waals surface area (Å²) in [5.41, 5.74) is -0.395. The van der Waals surface area contributed by atoms with Crippen LogP contribution in [0.3, 0.4) is 0 Å². The summed E-state index contributed by atoms with van der Waals surface area (Å²) < 4.78 is 67.2. The molecular weight excluding hydrogens is 548 g/mol. The van der Waals surface area contributed by atoms with Crippen LogP contribution in [0, 0.1) is 21.0 Å². The largest absolute Gasteiger partial charge is 0.394 e. The number of halogens is 4. The first-order valence-corrected chi connectivity index (χ1v) is 12.2. The van der Waals surface area contributed by atoms with Crippen LogP contribution in [0.25, 0.3) is 0 Å². The third-order valence-electron chi connectivity index (χ3n) is 5.35. The Balaban J connectivity index is 2.03. The maximum Gasteiger partial charge on any atom is 0.184 e. The van der Waals surface area contributed by atoms with Gasteiger partial charge in [-0.25, -0.2) is 13.2 Å². The van der Waals surface area contributed by atoms with Crippen molar-refractivity contribution in [2.45, 2.75) is 43.5 Å². The second kappa shape index (κ2) is 9.32. The number of nitrogens with one attached hydrogen (secondary N) is 2. The maximum atomic E-state index is 14.8. The van der Waals surface area contributed by atoms with E-state index in [1.807, 2.05) is 22.6 Å². The van der Waals surface area contributed by atoms with Gasteiger partial charge in [0.05, 0.1) is 28.8 Å². The SMILES string of the molecule is CCc1cc(F)c(F)c(Nc2ccc(I)cc2F)c1NS(O)(O)C1(CC(O)CO)CC1. The minimum absolute atomic E-state index is 0.0710. The fourth-order valence-electron chi connectivity index (χ4n) is 3.41. The summed E-state index contributed by atoms with van der Waals surface area (Å²) in [6.45, 7) is 1.14. The molecule has 0 heterocycles. The number of rotatable bonds is 9. The van der Waals surface area contributed by atoms with Gasteiger partial charge in [-0.15, -0.1) is 10.8 Å². The van der Waals surface area contributed by atoms with Gasteiger partial charge in [-0.2, -0.15) is 0 Å². The molecule has 1 aliphatic carbocycles. The number of aryl methyl sites for hydroxylation is 1. The Morgan fingerprint density at radius 3 is 2.35 bits per heavy atom. The molecule has 0 bridgehead atoms. The second-order valence-electron chi connectivity index (χ2n) is 7.56. The van der Waals surface area contributed by atoms with Gasteiger partial charge >= 0.3 is 0 Å². The van der Waals surface area contributed by atoms with Crippen LogP contribution in [0.5, 0.6) is 0 Å². The van der Waals surface area contributed by atoms with Crippen LogP contribution in [0.4, 0.5) is 30.2 Å². The maximum absolute atomic E-state index is 14.8. The molecule has 31 heavy (non-hydrogen) atoms. The lowest BCUT2D eigenvalue weighted by molar-refractivity contribution is 0.0851. The molecule has 1 fully saturated rings. The second-order valence-corrected chi connectivity index (χ2v) is 11.0. The van der Waals surface area contributed by atoms with E-state index in [0.29, 0.717) is 16.4 Å². The number of hydrogen-bond donors (Lipinski definition) is 6. The van der Waals surface area contributed by atoms with Crippen LogP contribution < -0.4 is 10.0 Å². The molecule has 1 aliphatic rings. The first-order chi connectivity index (χ1) is 14.5. The zero-order chi connectivity index (χ0) is 23.0. The third-order valence-corrected chi connectivity index (χ3v) is 8.29. The Morgan fingerprint density at radius 2 is 1.81 bits per heavy atom. The molecule has 0 aromatic heterocycles. The summed E-state index contributed by atoms with van der Waals surface area (Å²) >= 11 is 1.91. The van der Waals surface area contributed by atoms with Crippen molar-refractivity contribution in [1.29, 1.82) is 0 Å². The van der Waals surface area contributed by atoms with E-state index in [1.54, 1.807) is 13.0 Å². The van der Waals surface area contributed by atoms with Crippen LogP contribution in [0.2, 0.25) is 0 Å². The first-order valence-electron chi connectivity index (χ1n) is 9.61. The molecule has 2 aromatic carbocycles. The minimum atomic E-state index is -3.65. The Hall–Kier alpha value is -1.25. The highest BCUT2D eigenvalue weighted by Gasteiger charge is 2.55. The predicted octanol–water partition coefficient (Wildman–Crippen LogP) is 5.37. The summed E-state index contributed by atoms with van der Waals surface area (Å²) in [6.07, 6.45) is -0.244. The zero-order valence-electron chi connectivity index (χ0n) is 16.6. The minimum Gasteiger partial charge on any atom is -0.394 e. The molecule has 0 radical (unpaired) electrons. The molecule has 172 valence electrons. The quantitative estimate of drug-likeness (QED) is 0.226. The molecular formula is C20H24F3IN2O4S. The van der Waals surface area contributed by atoms with Crippen LogP contribution in [0.1, 0.15) is 31.7 Å². The monoisotopic (exact) mass is 572 g/mol. The average Bonchev–Trinajstić information content (AvgIpc) is 3.50. The van der Waals surface area contributed by atoms with Crippen LogP contribution in [0.15, 0.2) is 24.3 Å². The fraction of sp³-hybridized carbons (Fsp3) is 0.400. The molecule has 0 spiro atoms. The molecule has 2 aromatic rings. The van der Waals surface area contributed by atoms with Crippen molar-refractivity contribution in [1.82, 2.24) is 0 Å². The van der Waals surface area contributed by atoms with Gasteiger partial charge in [0.1, 0.15) is 11.5 Å². The first kappa shape index (κ1) is 24.4.